The maximum absolute atomic E-state index is 13.0. The molecule has 1 aliphatic carbocycles. The summed E-state index contributed by atoms with van der Waals surface area (Å²) in [7, 11) is 0. The van der Waals surface area contributed by atoms with Crippen molar-refractivity contribution in [1.29, 1.82) is 0 Å². The van der Waals surface area contributed by atoms with Crippen LogP contribution in [0.4, 0.5) is 0 Å². The lowest BCUT2D eigenvalue weighted by molar-refractivity contribution is 0.748. The third kappa shape index (κ3) is 2.58. The van der Waals surface area contributed by atoms with E-state index in [-0.39, 0.29) is 5.56 Å². The number of aromatic nitrogens is 2. The van der Waals surface area contributed by atoms with E-state index in [0.717, 1.165) is 35.0 Å². The maximum atomic E-state index is 13.0. The fraction of sp³-hybridized carbons (Fsp3) is 0.182. The van der Waals surface area contributed by atoms with Crippen LogP contribution in [0.3, 0.4) is 0 Å². The van der Waals surface area contributed by atoms with Crippen LogP contribution in [0, 0.1) is 0 Å². The van der Waals surface area contributed by atoms with Gasteiger partial charge in [0.2, 0.25) is 0 Å². The van der Waals surface area contributed by atoms with Gasteiger partial charge in [-0.1, -0.05) is 54.6 Å². The summed E-state index contributed by atoms with van der Waals surface area (Å²) in [6.45, 7) is 0.557. The SMILES string of the molecule is O=c1c2c3c(sc2ncn1Cc1ccc(-c2ccccc2)cc1)CCC3. The van der Waals surface area contributed by atoms with Gasteiger partial charge in [-0.15, -0.1) is 11.3 Å². The number of thiophene rings is 1. The van der Waals surface area contributed by atoms with Gasteiger partial charge in [-0.25, -0.2) is 4.98 Å². The molecule has 0 radical (unpaired) electrons. The minimum atomic E-state index is 0.0986. The van der Waals surface area contributed by atoms with Crippen LogP contribution in [0.25, 0.3) is 21.3 Å². The van der Waals surface area contributed by atoms with Crippen LogP contribution in [0.5, 0.6) is 0 Å². The molecule has 4 heteroatoms. The van der Waals surface area contributed by atoms with E-state index in [0.29, 0.717) is 6.54 Å². The Morgan fingerprint density at radius 3 is 2.54 bits per heavy atom. The van der Waals surface area contributed by atoms with Gasteiger partial charge in [0.05, 0.1) is 18.3 Å². The molecular formula is C22H18N2OS. The normalized spacial score (nSPS) is 13.2. The molecule has 0 saturated heterocycles. The Labute approximate surface area is 155 Å². The van der Waals surface area contributed by atoms with E-state index in [1.165, 1.54) is 21.6 Å². The molecule has 5 rings (SSSR count). The van der Waals surface area contributed by atoms with Crippen LogP contribution < -0.4 is 5.56 Å². The molecule has 2 aromatic heterocycles. The molecule has 4 aromatic rings. The van der Waals surface area contributed by atoms with Crippen molar-refractivity contribution < 1.29 is 0 Å². The third-order valence-electron chi connectivity index (χ3n) is 5.11. The third-order valence-corrected chi connectivity index (χ3v) is 6.31. The fourth-order valence-electron chi connectivity index (χ4n) is 3.76. The first kappa shape index (κ1) is 15.5. The minimum Gasteiger partial charge on any atom is -0.294 e. The summed E-state index contributed by atoms with van der Waals surface area (Å²) in [5.74, 6) is 0. The molecule has 0 amide bonds. The number of hydrogen-bond donors (Lipinski definition) is 0. The highest BCUT2D eigenvalue weighted by Crippen LogP contribution is 2.34. The zero-order valence-electron chi connectivity index (χ0n) is 14.3. The molecule has 1 aliphatic rings. The Morgan fingerprint density at radius 1 is 0.962 bits per heavy atom. The van der Waals surface area contributed by atoms with Crippen LogP contribution in [0.15, 0.2) is 65.7 Å². The van der Waals surface area contributed by atoms with E-state index < -0.39 is 0 Å². The second-order valence-electron chi connectivity index (χ2n) is 6.78. The van der Waals surface area contributed by atoms with Gasteiger partial charge in [-0.2, -0.15) is 0 Å². The van der Waals surface area contributed by atoms with Crippen molar-refractivity contribution >= 4 is 21.6 Å². The van der Waals surface area contributed by atoms with E-state index >= 15 is 0 Å². The zero-order chi connectivity index (χ0) is 17.5. The second kappa shape index (κ2) is 6.22. The van der Waals surface area contributed by atoms with Gasteiger partial charge in [-0.3, -0.25) is 9.36 Å². The molecule has 0 unspecified atom stereocenters. The van der Waals surface area contributed by atoms with Gasteiger partial charge in [-0.05, 0) is 41.5 Å². The molecule has 0 saturated carbocycles. The highest BCUT2D eigenvalue weighted by Gasteiger charge is 2.21. The summed E-state index contributed by atoms with van der Waals surface area (Å²) in [5.41, 5.74) is 4.84. The fourth-order valence-corrected chi connectivity index (χ4v) is 4.98. The lowest BCUT2D eigenvalue weighted by Gasteiger charge is -2.07. The maximum Gasteiger partial charge on any atom is 0.262 e. The Morgan fingerprint density at radius 2 is 1.73 bits per heavy atom. The van der Waals surface area contributed by atoms with Crippen molar-refractivity contribution in [2.75, 3.05) is 0 Å². The van der Waals surface area contributed by atoms with E-state index in [2.05, 4.69) is 41.4 Å². The van der Waals surface area contributed by atoms with Crippen LogP contribution in [0.2, 0.25) is 0 Å². The molecule has 0 bridgehead atoms. The molecule has 26 heavy (non-hydrogen) atoms. The molecule has 3 nitrogen and oxygen atoms in total. The second-order valence-corrected chi connectivity index (χ2v) is 7.86. The molecule has 0 N–H and O–H groups in total. The topological polar surface area (TPSA) is 34.9 Å². The summed E-state index contributed by atoms with van der Waals surface area (Å²) in [4.78, 5) is 19.8. The first-order valence-electron chi connectivity index (χ1n) is 8.93. The van der Waals surface area contributed by atoms with Crippen molar-refractivity contribution in [3.05, 3.63) is 87.3 Å². The number of fused-ring (bicyclic) bond motifs is 3. The van der Waals surface area contributed by atoms with E-state index in [1.54, 1.807) is 22.2 Å². The number of hydrogen-bond acceptors (Lipinski definition) is 3. The van der Waals surface area contributed by atoms with Gasteiger partial charge < -0.3 is 0 Å². The average Bonchev–Trinajstić information content (AvgIpc) is 3.26. The van der Waals surface area contributed by atoms with Gasteiger partial charge in [0, 0.05) is 4.88 Å². The van der Waals surface area contributed by atoms with Gasteiger partial charge in [0.15, 0.2) is 0 Å². The van der Waals surface area contributed by atoms with Gasteiger partial charge >= 0.3 is 0 Å². The van der Waals surface area contributed by atoms with E-state index in [4.69, 9.17) is 0 Å². The quantitative estimate of drug-likeness (QED) is 0.534. The van der Waals surface area contributed by atoms with E-state index in [9.17, 15) is 4.79 Å². The molecule has 2 heterocycles. The molecule has 0 fully saturated rings. The Bertz CT molecular complexity index is 1140. The lowest BCUT2D eigenvalue weighted by Crippen LogP contribution is -2.21. The predicted octanol–water partition coefficient (Wildman–Crippen LogP) is 4.66. The molecule has 0 atom stereocenters. The standard InChI is InChI=1S/C22H18N2OS/c25-22-20-18-7-4-8-19(18)26-21(20)23-14-24(22)13-15-9-11-17(12-10-15)16-5-2-1-3-6-16/h1-3,5-6,9-12,14H,4,7-8,13H2. The first-order valence-corrected chi connectivity index (χ1v) is 9.75. The predicted molar refractivity (Wildman–Crippen MR) is 107 cm³/mol. The highest BCUT2D eigenvalue weighted by atomic mass is 32.1. The van der Waals surface area contributed by atoms with Gasteiger partial charge in [0.1, 0.15) is 4.83 Å². The largest absolute Gasteiger partial charge is 0.294 e. The Balaban J connectivity index is 1.48. The van der Waals surface area contributed by atoms with Crippen LogP contribution in [0.1, 0.15) is 22.4 Å². The molecule has 0 aliphatic heterocycles. The van der Waals surface area contributed by atoms with Crippen molar-refractivity contribution in [2.24, 2.45) is 0 Å². The monoisotopic (exact) mass is 358 g/mol. The average molecular weight is 358 g/mol. The Kier molecular flexibility index (Phi) is 3.71. The summed E-state index contributed by atoms with van der Waals surface area (Å²) < 4.78 is 1.74. The van der Waals surface area contributed by atoms with Crippen LogP contribution in [-0.4, -0.2) is 9.55 Å². The van der Waals surface area contributed by atoms with Crippen molar-refractivity contribution in [3.8, 4) is 11.1 Å². The molecular weight excluding hydrogens is 340 g/mol. The molecule has 0 spiro atoms. The lowest BCUT2D eigenvalue weighted by atomic mass is 10.0. The summed E-state index contributed by atoms with van der Waals surface area (Å²) >= 11 is 1.69. The summed E-state index contributed by atoms with van der Waals surface area (Å²) in [5, 5.41) is 0.853. The number of aryl methyl sites for hydroxylation is 2. The van der Waals surface area contributed by atoms with Crippen molar-refractivity contribution in [3.63, 3.8) is 0 Å². The summed E-state index contributed by atoms with van der Waals surface area (Å²) in [6.07, 6.45) is 4.96. The minimum absolute atomic E-state index is 0.0986. The Hall–Kier alpha value is -2.72. The number of nitrogens with zero attached hydrogens (tertiary/aromatic N) is 2. The van der Waals surface area contributed by atoms with Crippen molar-refractivity contribution in [2.45, 2.75) is 25.8 Å². The smallest absolute Gasteiger partial charge is 0.262 e. The van der Waals surface area contributed by atoms with Crippen LogP contribution >= 0.6 is 11.3 Å². The zero-order valence-corrected chi connectivity index (χ0v) is 15.1. The summed E-state index contributed by atoms with van der Waals surface area (Å²) in [6, 6.07) is 18.7. The highest BCUT2D eigenvalue weighted by molar-refractivity contribution is 7.18. The number of rotatable bonds is 3. The number of benzene rings is 2. The van der Waals surface area contributed by atoms with Gasteiger partial charge in [0.25, 0.3) is 5.56 Å². The molecule has 128 valence electrons. The first-order chi connectivity index (χ1) is 12.8. The van der Waals surface area contributed by atoms with Crippen molar-refractivity contribution in [1.82, 2.24) is 9.55 Å². The van der Waals surface area contributed by atoms with E-state index in [1.807, 2.05) is 18.2 Å². The van der Waals surface area contributed by atoms with Crippen LogP contribution in [-0.2, 0) is 19.4 Å². The molecule has 2 aromatic carbocycles.